The molecule has 0 amide bonds. The van der Waals surface area contributed by atoms with Crippen LogP contribution in [0, 0.1) is 0 Å². The fraction of sp³-hybridized carbons (Fsp3) is 0.706. The van der Waals surface area contributed by atoms with E-state index in [0.717, 1.165) is 45.0 Å². The molecule has 0 aliphatic carbocycles. The molecule has 1 unspecified atom stereocenters. The number of hydrogen-bond acceptors (Lipinski definition) is 4. The van der Waals surface area contributed by atoms with Gasteiger partial charge in [0.1, 0.15) is 0 Å². The normalized spacial score (nSPS) is 19.7. The number of aliphatic hydroxyl groups excluding tert-OH is 1. The van der Waals surface area contributed by atoms with Gasteiger partial charge in [0.25, 0.3) is 0 Å². The molecule has 1 N–H and O–H groups in total. The van der Waals surface area contributed by atoms with Gasteiger partial charge in [-0.05, 0) is 18.6 Å². The average Bonchev–Trinajstić information content (AvgIpc) is 2.40. The highest BCUT2D eigenvalue weighted by atomic mass is 16.3. The van der Waals surface area contributed by atoms with Gasteiger partial charge in [-0.3, -0.25) is 14.8 Å². The molecular formula is C17H29N3O. The summed E-state index contributed by atoms with van der Waals surface area (Å²) in [6, 6.07) is 4.36. The summed E-state index contributed by atoms with van der Waals surface area (Å²) >= 11 is 0. The Balaban J connectivity index is 1.83. The van der Waals surface area contributed by atoms with Gasteiger partial charge in [-0.15, -0.1) is 0 Å². The van der Waals surface area contributed by atoms with Gasteiger partial charge in [-0.1, -0.05) is 26.8 Å². The summed E-state index contributed by atoms with van der Waals surface area (Å²) in [6.45, 7) is 14.4. The highest BCUT2D eigenvalue weighted by molar-refractivity contribution is 5.19. The molecule has 1 aliphatic heterocycles. The Bertz CT molecular complexity index is 428. The monoisotopic (exact) mass is 291 g/mol. The van der Waals surface area contributed by atoms with Gasteiger partial charge in [0, 0.05) is 56.6 Å². The summed E-state index contributed by atoms with van der Waals surface area (Å²) in [7, 11) is 0. The molecule has 2 rings (SSSR count). The van der Waals surface area contributed by atoms with Gasteiger partial charge in [-0.25, -0.2) is 0 Å². The molecular weight excluding hydrogens is 262 g/mol. The van der Waals surface area contributed by atoms with Crippen LogP contribution in [0.1, 0.15) is 39.0 Å². The molecule has 4 heteroatoms. The molecule has 1 saturated heterocycles. The molecule has 1 aliphatic rings. The molecule has 0 saturated carbocycles. The van der Waals surface area contributed by atoms with E-state index in [2.05, 4.69) is 47.7 Å². The molecule has 0 spiro atoms. The van der Waals surface area contributed by atoms with Crippen LogP contribution < -0.4 is 0 Å². The lowest BCUT2D eigenvalue weighted by molar-refractivity contribution is 0.0780. The molecule has 4 nitrogen and oxygen atoms in total. The highest BCUT2D eigenvalue weighted by Gasteiger charge is 2.19. The maximum absolute atomic E-state index is 9.43. The molecule has 1 aromatic rings. The number of pyridine rings is 1. The predicted molar refractivity (Wildman–Crippen MR) is 86.3 cm³/mol. The van der Waals surface area contributed by atoms with Crippen LogP contribution in [0.4, 0.5) is 0 Å². The smallest absolute Gasteiger partial charge is 0.0639 e. The van der Waals surface area contributed by atoms with E-state index in [-0.39, 0.29) is 11.5 Å². The fourth-order valence-electron chi connectivity index (χ4n) is 2.72. The largest absolute Gasteiger partial charge is 0.392 e. The summed E-state index contributed by atoms with van der Waals surface area (Å²) in [6.07, 6.45) is 1.79. The quantitative estimate of drug-likeness (QED) is 0.919. The van der Waals surface area contributed by atoms with Crippen molar-refractivity contribution < 1.29 is 5.11 Å². The molecule has 1 atom stereocenters. The number of β-amino-alcohol motifs (C(OH)–C–C–N with tert-alkyl or cyclic N) is 1. The lowest BCUT2D eigenvalue weighted by Crippen LogP contribution is -2.47. The van der Waals surface area contributed by atoms with Crippen molar-refractivity contribution in [1.29, 1.82) is 0 Å². The summed E-state index contributed by atoms with van der Waals surface area (Å²) in [5.41, 5.74) is 2.55. The minimum atomic E-state index is -0.231. The number of hydrogen-bond donors (Lipinski definition) is 1. The SMILES string of the molecule is CC(O)CN1CCN(Cc2ccc(C(C)(C)C)nc2)CC1. The molecule has 1 aromatic heterocycles. The van der Waals surface area contributed by atoms with Crippen LogP contribution in [-0.4, -0.2) is 58.7 Å². The average molecular weight is 291 g/mol. The first-order valence-electron chi connectivity index (χ1n) is 7.93. The van der Waals surface area contributed by atoms with Crippen molar-refractivity contribution in [2.24, 2.45) is 0 Å². The Morgan fingerprint density at radius 2 is 1.76 bits per heavy atom. The van der Waals surface area contributed by atoms with Crippen molar-refractivity contribution in [3.63, 3.8) is 0 Å². The Kier molecular flexibility index (Phi) is 5.36. The van der Waals surface area contributed by atoms with Gasteiger partial charge in [-0.2, -0.15) is 0 Å². The van der Waals surface area contributed by atoms with Crippen molar-refractivity contribution in [2.75, 3.05) is 32.7 Å². The van der Waals surface area contributed by atoms with Gasteiger partial charge < -0.3 is 5.11 Å². The maximum Gasteiger partial charge on any atom is 0.0639 e. The van der Waals surface area contributed by atoms with Crippen LogP contribution in [0.25, 0.3) is 0 Å². The van der Waals surface area contributed by atoms with E-state index in [1.54, 1.807) is 0 Å². The van der Waals surface area contributed by atoms with Crippen LogP contribution >= 0.6 is 0 Å². The van der Waals surface area contributed by atoms with Crippen LogP contribution in [-0.2, 0) is 12.0 Å². The topological polar surface area (TPSA) is 39.6 Å². The number of nitrogens with zero attached hydrogens (tertiary/aromatic N) is 3. The first-order chi connectivity index (χ1) is 9.84. The molecule has 0 radical (unpaired) electrons. The van der Waals surface area contributed by atoms with Crippen molar-refractivity contribution in [1.82, 2.24) is 14.8 Å². The number of rotatable bonds is 4. The predicted octanol–water partition coefficient (Wildman–Crippen LogP) is 1.88. The van der Waals surface area contributed by atoms with Crippen LogP contribution in [0.2, 0.25) is 0 Å². The number of aliphatic hydroxyl groups is 1. The molecule has 0 bridgehead atoms. The van der Waals surface area contributed by atoms with Gasteiger partial charge >= 0.3 is 0 Å². The number of aromatic nitrogens is 1. The van der Waals surface area contributed by atoms with Crippen LogP contribution in [0.3, 0.4) is 0 Å². The van der Waals surface area contributed by atoms with E-state index in [0.29, 0.717) is 0 Å². The second kappa shape index (κ2) is 6.86. The molecule has 0 aromatic carbocycles. The standard InChI is InChI=1S/C17H29N3O/c1-14(21)12-19-7-9-20(10-8-19)13-15-5-6-16(18-11-15)17(2,3)4/h5-6,11,14,21H,7-10,12-13H2,1-4H3. The molecule has 118 valence electrons. The Labute approximate surface area is 128 Å². The third kappa shape index (κ3) is 5.06. The Hall–Kier alpha value is -0.970. The Morgan fingerprint density at radius 1 is 1.14 bits per heavy atom. The van der Waals surface area contributed by atoms with Crippen molar-refractivity contribution in [3.8, 4) is 0 Å². The fourth-order valence-corrected chi connectivity index (χ4v) is 2.72. The second-order valence-corrected chi connectivity index (χ2v) is 7.23. The highest BCUT2D eigenvalue weighted by Crippen LogP contribution is 2.20. The lowest BCUT2D eigenvalue weighted by atomic mass is 9.91. The minimum Gasteiger partial charge on any atom is -0.392 e. The zero-order valence-corrected chi connectivity index (χ0v) is 13.8. The van der Waals surface area contributed by atoms with E-state index in [4.69, 9.17) is 0 Å². The van der Waals surface area contributed by atoms with E-state index in [1.165, 1.54) is 5.56 Å². The van der Waals surface area contributed by atoms with Gasteiger partial charge in [0.05, 0.1) is 6.10 Å². The first-order valence-corrected chi connectivity index (χ1v) is 7.93. The van der Waals surface area contributed by atoms with Crippen LogP contribution in [0.15, 0.2) is 18.3 Å². The Morgan fingerprint density at radius 3 is 2.24 bits per heavy atom. The zero-order chi connectivity index (χ0) is 15.5. The van der Waals surface area contributed by atoms with Crippen molar-refractivity contribution in [2.45, 2.75) is 45.8 Å². The third-order valence-electron chi connectivity index (χ3n) is 3.99. The van der Waals surface area contributed by atoms with Crippen LogP contribution in [0.5, 0.6) is 0 Å². The van der Waals surface area contributed by atoms with Crippen molar-refractivity contribution in [3.05, 3.63) is 29.6 Å². The maximum atomic E-state index is 9.43. The second-order valence-electron chi connectivity index (χ2n) is 7.23. The minimum absolute atomic E-state index is 0.116. The van der Waals surface area contributed by atoms with Gasteiger partial charge in [0.2, 0.25) is 0 Å². The molecule has 21 heavy (non-hydrogen) atoms. The third-order valence-corrected chi connectivity index (χ3v) is 3.99. The summed E-state index contributed by atoms with van der Waals surface area (Å²) in [5, 5.41) is 9.43. The number of piperazine rings is 1. The summed E-state index contributed by atoms with van der Waals surface area (Å²) in [5.74, 6) is 0. The van der Waals surface area contributed by atoms with E-state index in [9.17, 15) is 5.11 Å². The van der Waals surface area contributed by atoms with Gasteiger partial charge in [0.15, 0.2) is 0 Å². The lowest BCUT2D eigenvalue weighted by Gasteiger charge is -2.35. The summed E-state index contributed by atoms with van der Waals surface area (Å²) in [4.78, 5) is 9.40. The van der Waals surface area contributed by atoms with Crippen molar-refractivity contribution >= 4 is 0 Å². The zero-order valence-electron chi connectivity index (χ0n) is 13.8. The van der Waals surface area contributed by atoms with E-state index >= 15 is 0 Å². The van der Waals surface area contributed by atoms with E-state index in [1.807, 2.05) is 13.1 Å². The first kappa shape index (κ1) is 16.4. The van der Waals surface area contributed by atoms with E-state index < -0.39 is 0 Å². The molecule has 1 fully saturated rings. The molecule has 2 heterocycles. The summed E-state index contributed by atoms with van der Waals surface area (Å²) < 4.78 is 0.